The topological polar surface area (TPSA) is 0 Å². The molecule has 0 spiro atoms. The van der Waals surface area contributed by atoms with E-state index in [1.165, 1.54) is 64.2 Å². The van der Waals surface area contributed by atoms with Crippen molar-refractivity contribution in [2.45, 2.75) is 154 Å². The molecule has 0 heterocycles. The molecule has 194 valence electrons. The fourth-order valence-corrected chi connectivity index (χ4v) is 4.87. The Balaban J connectivity index is -0.000000167. The van der Waals surface area contributed by atoms with Crippen LogP contribution in [0.25, 0.3) is 0 Å². The van der Waals surface area contributed by atoms with Gasteiger partial charge in [-0.25, -0.2) is 0 Å². The fourth-order valence-electron chi connectivity index (χ4n) is 4.87. The molecule has 1 aromatic carbocycles. The van der Waals surface area contributed by atoms with Crippen LogP contribution in [0.15, 0.2) is 36.4 Å². The normalized spacial score (nSPS) is 22.2. The molecule has 0 nitrogen and oxygen atoms in total. The Hall–Kier alpha value is -0.780. The number of hydrogen-bond acceptors (Lipinski definition) is 0. The average Bonchev–Trinajstić information content (AvgIpc) is 2.86. The predicted molar refractivity (Wildman–Crippen MR) is 155 cm³/mol. The molecule has 0 N–H and O–H groups in total. The summed E-state index contributed by atoms with van der Waals surface area (Å²) in [6.45, 7) is 28.1. The third-order valence-electron chi connectivity index (χ3n) is 5.67. The second-order valence-corrected chi connectivity index (χ2v) is 9.29. The fraction of sp³-hybridized carbons (Fsp3) is 0.812. The minimum Gasteiger partial charge on any atom is -0.0683 e. The zero-order valence-electron chi connectivity index (χ0n) is 25.1. The quantitative estimate of drug-likeness (QED) is 0.399. The minimum absolute atomic E-state index is 0.586. The molecule has 3 rings (SSSR count). The van der Waals surface area contributed by atoms with Gasteiger partial charge in [-0.05, 0) is 36.0 Å². The maximum Gasteiger partial charge on any atom is -0.0321 e. The van der Waals surface area contributed by atoms with Gasteiger partial charge in [-0.1, -0.05) is 171 Å². The van der Waals surface area contributed by atoms with E-state index in [9.17, 15) is 0 Å². The van der Waals surface area contributed by atoms with Crippen molar-refractivity contribution in [3.05, 3.63) is 36.4 Å². The highest BCUT2D eigenvalue weighted by molar-refractivity contribution is 4.99. The van der Waals surface area contributed by atoms with E-state index < -0.39 is 0 Å². The van der Waals surface area contributed by atoms with Crippen LogP contribution >= 0.6 is 0 Å². The summed E-state index contributed by atoms with van der Waals surface area (Å²) in [7, 11) is 0. The highest BCUT2D eigenvalue weighted by Gasteiger charge is 2.38. The van der Waals surface area contributed by atoms with Crippen molar-refractivity contribution in [3.63, 3.8) is 0 Å². The molecule has 0 heteroatoms. The summed E-state index contributed by atoms with van der Waals surface area (Å²) in [6, 6.07) is 12.0. The van der Waals surface area contributed by atoms with E-state index >= 15 is 0 Å². The van der Waals surface area contributed by atoms with Gasteiger partial charge in [-0.15, -0.1) is 0 Å². The molecule has 2 atom stereocenters. The molecule has 2 unspecified atom stereocenters. The van der Waals surface area contributed by atoms with Crippen LogP contribution in [-0.2, 0) is 0 Å². The minimum atomic E-state index is 0.586. The van der Waals surface area contributed by atoms with Gasteiger partial charge < -0.3 is 0 Å². The molecule has 0 radical (unpaired) electrons. The van der Waals surface area contributed by atoms with Crippen molar-refractivity contribution in [1.82, 2.24) is 0 Å². The van der Waals surface area contributed by atoms with Crippen LogP contribution in [0.3, 0.4) is 0 Å². The van der Waals surface area contributed by atoms with Crippen LogP contribution in [0.2, 0.25) is 0 Å². The van der Waals surface area contributed by atoms with Crippen LogP contribution in [0.1, 0.15) is 154 Å². The van der Waals surface area contributed by atoms with Gasteiger partial charge in [-0.2, -0.15) is 0 Å². The molecule has 2 fully saturated rings. The van der Waals surface area contributed by atoms with Gasteiger partial charge in [0.25, 0.3) is 0 Å². The van der Waals surface area contributed by atoms with Crippen LogP contribution < -0.4 is 0 Å². The lowest BCUT2D eigenvalue weighted by Crippen LogP contribution is -2.34. The summed E-state index contributed by atoms with van der Waals surface area (Å²) in [5.41, 5.74) is 1.21. The van der Waals surface area contributed by atoms with Crippen LogP contribution in [-0.4, -0.2) is 0 Å². The lowest BCUT2D eigenvalue weighted by atomic mass is 9.60. The Bertz CT molecular complexity index is 363. The van der Waals surface area contributed by atoms with Crippen LogP contribution in [0.5, 0.6) is 0 Å². The van der Waals surface area contributed by atoms with Crippen molar-refractivity contribution in [2.75, 3.05) is 0 Å². The van der Waals surface area contributed by atoms with Gasteiger partial charge in [0.15, 0.2) is 0 Å². The highest BCUT2D eigenvalue weighted by Crippen LogP contribution is 2.49. The molecule has 32 heavy (non-hydrogen) atoms. The molecule has 0 aromatic heterocycles. The van der Waals surface area contributed by atoms with Crippen LogP contribution in [0, 0.1) is 16.7 Å². The maximum absolute atomic E-state index is 2.46. The molecule has 2 aliphatic carbocycles. The van der Waals surface area contributed by atoms with Crippen molar-refractivity contribution in [3.8, 4) is 0 Å². The largest absolute Gasteiger partial charge is 0.0683 e. The second-order valence-electron chi connectivity index (χ2n) is 9.29. The summed E-state index contributed by atoms with van der Waals surface area (Å²) < 4.78 is 0. The second kappa shape index (κ2) is 28.3. The summed E-state index contributed by atoms with van der Waals surface area (Å²) in [5, 5.41) is 0. The van der Waals surface area contributed by atoms with E-state index in [0.717, 1.165) is 5.92 Å². The summed E-state index contributed by atoms with van der Waals surface area (Å²) >= 11 is 0. The average molecular weight is 451 g/mol. The molecule has 0 aliphatic heterocycles. The van der Waals surface area contributed by atoms with Gasteiger partial charge in [-0.3, -0.25) is 0 Å². The first-order valence-electron chi connectivity index (χ1n) is 14.4. The van der Waals surface area contributed by atoms with E-state index in [1.807, 2.05) is 91.8 Å². The molecular formula is C32H66. The molecule has 2 saturated carbocycles. The number of rotatable bonds is 1. The first-order chi connectivity index (χ1) is 15.4. The summed E-state index contributed by atoms with van der Waals surface area (Å²) in [5.74, 6) is 0.929. The smallest absolute Gasteiger partial charge is 0.0321 e. The van der Waals surface area contributed by atoms with Gasteiger partial charge in [0, 0.05) is 0 Å². The van der Waals surface area contributed by atoms with E-state index in [0.29, 0.717) is 10.8 Å². The van der Waals surface area contributed by atoms with Gasteiger partial charge in [0.1, 0.15) is 0 Å². The van der Waals surface area contributed by atoms with Crippen molar-refractivity contribution in [2.24, 2.45) is 16.7 Å². The zero-order valence-corrected chi connectivity index (χ0v) is 25.1. The van der Waals surface area contributed by atoms with Gasteiger partial charge in [0.2, 0.25) is 0 Å². The Morgan fingerprint density at radius 2 is 0.844 bits per heavy atom. The Labute approximate surface area is 207 Å². The van der Waals surface area contributed by atoms with E-state index in [-0.39, 0.29) is 0 Å². The molecule has 2 aliphatic rings. The Morgan fingerprint density at radius 3 is 1.06 bits per heavy atom. The predicted octanol–water partition coefficient (Wildman–Crippen LogP) is 12.4. The Kier molecular flexibility index (Phi) is 34.0. The third kappa shape index (κ3) is 25.5. The van der Waals surface area contributed by atoms with Crippen molar-refractivity contribution < 1.29 is 0 Å². The summed E-state index contributed by atoms with van der Waals surface area (Å²) in [6.07, 6.45) is 14.6. The molecule has 1 aromatic rings. The maximum atomic E-state index is 2.46. The SMILES string of the molecule is C1CCCCC1.CC.CC.CC.CC.CCC1(C)CC(C)CC(C)(C)C1.c1ccccc1. The third-order valence-corrected chi connectivity index (χ3v) is 5.67. The lowest BCUT2D eigenvalue weighted by Gasteiger charge is -2.45. The first-order valence-corrected chi connectivity index (χ1v) is 14.4. The Morgan fingerprint density at radius 1 is 0.562 bits per heavy atom. The van der Waals surface area contributed by atoms with E-state index in [4.69, 9.17) is 0 Å². The highest BCUT2D eigenvalue weighted by atomic mass is 14.4. The van der Waals surface area contributed by atoms with Gasteiger partial charge in [0.05, 0.1) is 0 Å². The standard InChI is InChI=1S/C12H24.C6H12.C6H6.4C2H6/c1-6-12(5)8-10(2)7-11(3,4)9-12;2*1-2-4-6-5-3-1;4*1-2/h10H,6-9H2,1-5H3;1-6H2;1-6H;4*1-2H3. The zero-order chi connectivity index (χ0) is 25.9. The molecule has 0 saturated heterocycles. The number of hydrogen-bond donors (Lipinski definition) is 0. The van der Waals surface area contributed by atoms with E-state index in [2.05, 4.69) is 34.6 Å². The van der Waals surface area contributed by atoms with Crippen molar-refractivity contribution >= 4 is 0 Å². The molecular weight excluding hydrogens is 384 g/mol. The van der Waals surface area contributed by atoms with Crippen molar-refractivity contribution in [1.29, 1.82) is 0 Å². The monoisotopic (exact) mass is 451 g/mol. The molecule has 0 bridgehead atoms. The van der Waals surface area contributed by atoms with Crippen LogP contribution in [0.4, 0.5) is 0 Å². The van der Waals surface area contributed by atoms with E-state index in [1.54, 1.807) is 0 Å². The lowest BCUT2D eigenvalue weighted by molar-refractivity contribution is 0.0582. The number of benzene rings is 1. The molecule has 0 amide bonds. The summed E-state index contributed by atoms with van der Waals surface area (Å²) in [4.78, 5) is 0. The van der Waals surface area contributed by atoms with Gasteiger partial charge >= 0.3 is 0 Å². The first kappa shape index (κ1) is 38.5.